The Hall–Kier alpha value is -0.610. The zero-order chi connectivity index (χ0) is 10.9. The van der Waals surface area contributed by atoms with Crippen molar-refractivity contribution in [3.63, 3.8) is 0 Å². The van der Waals surface area contributed by atoms with Gasteiger partial charge in [0.05, 0.1) is 5.92 Å². The fourth-order valence-electron chi connectivity index (χ4n) is 1.75. The average Bonchev–Trinajstić information content (AvgIpc) is 2.30. The summed E-state index contributed by atoms with van der Waals surface area (Å²) in [6.07, 6.45) is 3.03. The van der Waals surface area contributed by atoms with Gasteiger partial charge < -0.3 is 15.4 Å². The molecule has 0 spiro atoms. The minimum absolute atomic E-state index is 0.172. The molecule has 0 aliphatic carbocycles. The number of carbonyl (C=O) groups excluding carboxylic acids is 1. The third-order valence-electron chi connectivity index (χ3n) is 2.64. The minimum Gasteiger partial charge on any atom is -0.382 e. The van der Waals surface area contributed by atoms with Gasteiger partial charge in [0.1, 0.15) is 0 Å². The number of carbonyl (C=O) groups is 1. The third kappa shape index (κ3) is 5.14. The first-order chi connectivity index (χ1) is 7.34. The van der Waals surface area contributed by atoms with Crippen molar-refractivity contribution in [2.45, 2.75) is 26.2 Å². The molecule has 1 aliphatic rings. The second-order valence-electron chi connectivity index (χ2n) is 3.88. The van der Waals surface area contributed by atoms with Crippen molar-refractivity contribution >= 4 is 5.91 Å². The fourth-order valence-corrected chi connectivity index (χ4v) is 1.75. The Kier molecular flexibility index (Phi) is 6.36. The zero-order valence-corrected chi connectivity index (χ0v) is 9.55. The second-order valence-corrected chi connectivity index (χ2v) is 3.88. The molecule has 1 fully saturated rings. The first-order valence-corrected chi connectivity index (χ1v) is 5.90. The van der Waals surface area contributed by atoms with E-state index in [1.165, 1.54) is 0 Å². The maximum absolute atomic E-state index is 11.6. The number of ether oxygens (including phenoxy) is 1. The van der Waals surface area contributed by atoms with Gasteiger partial charge in [-0.15, -0.1) is 0 Å². The van der Waals surface area contributed by atoms with Crippen molar-refractivity contribution in [3.8, 4) is 0 Å². The first-order valence-electron chi connectivity index (χ1n) is 5.90. The predicted octanol–water partition coefficient (Wildman–Crippen LogP) is 0.529. The van der Waals surface area contributed by atoms with Gasteiger partial charge in [0.25, 0.3) is 0 Å². The highest BCUT2D eigenvalue weighted by molar-refractivity contribution is 5.78. The van der Waals surface area contributed by atoms with Crippen LogP contribution in [0, 0.1) is 5.92 Å². The van der Waals surface area contributed by atoms with Gasteiger partial charge in [0.15, 0.2) is 0 Å². The summed E-state index contributed by atoms with van der Waals surface area (Å²) in [7, 11) is 0. The third-order valence-corrected chi connectivity index (χ3v) is 2.64. The lowest BCUT2D eigenvalue weighted by Crippen LogP contribution is -2.40. The number of piperidine rings is 1. The van der Waals surface area contributed by atoms with Crippen molar-refractivity contribution in [1.29, 1.82) is 0 Å². The summed E-state index contributed by atoms with van der Waals surface area (Å²) < 4.78 is 5.20. The van der Waals surface area contributed by atoms with Crippen LogP contribution in [-0.2, 0) is 9.53 Å². The minimum atomic E-state index is 0.172. The lowest BCUT2D eigenvalue weighted by molar-refractivity contribution is -0.125. The number of amides is 1. The Morgan fingerprint density at radius 3 is 3.13 bits per heavy atom. The maximum Gasteiger partial charge on any atom is 0.224 e. The molecule has 15 heavy (non-hydrogen) atoms. The molecule has 0 radical (unpaired) electrons. The van der Waals surface area contributed by atoms with E-state index in [0.29, 0.717) is 0 Å². The molecule has 1 atom stereocenters. The summed E-state index contributed by atoms with van der Waals surface area (Å²) in [6.45, 7) is 6.08. The van der Waals surface area contributed by atoms with Gasteiger partial charge in [-0.3, -0.25) is 4.79 Å². The van der Waals surface area contributed by atoms with Gasteiger partial charge in [0.2, 0.25) is 5.91 Å². The first kappa shape index (κ1) is 12.5. The Morgan fingerprint density at radius 2 is 2.47 bits per heavy atom. The highest BCUT2D eigenvalue weighted by Crippen LogP contribution is 2.09. The number of nitrogens with one attached hydrogen (secondary N) is 2. The standard InChI is InChI=1S/C11H22N2O2/c1-2-15-8-4-7-13-11(14)10-5-3-6-12-9-10/h10,12H,2-9H2,1H3,(H,13,14)/t10-/m0/s1. The molecule has 4 heteroatoms. The van der Waals surface area contributed by atoms with E-state index >= 15 is 0 Å². The number of hydrogen-bond acceptors (Lipinski definition) is 3. The fraction of sp³-hybridized carbons (Fsp3) is 0.909. The molecule has 0 saturated carbocycles. The molecule has 88 valence electrons. The molecule has 0 aromatic rings. The van der Waals surface area contributed by atoms with Gasteiger partial charge in [0, 0.05) is 26.3 Å². The molecule has 0 aromatic carbocycles. The molecule has 1 saturated heterocycles. The lowest BCUT2D eigenvalue weighted by Gasteiger charge is -2.21. The van der Waals surface area contributed by atoms with Crippen LogP contribution in [-0.4, -0.2) is 38.8 Å². The molecule has 1 aliphatic heterocycles. The van der Waals surface area contributed by atoms with Crippen LogP contribution in [0.3, 0.4) is 0 Å². The van der Waals surface area contributed by atoms with E-state index in [4.69, 9.17) is 4.74 Å². The zero-order valence-electron chi connectivity index (χ0n) is 9.55. The van der Waals surface area contributed by atoms with Crippen molar-refractivity contribution in [2.75, 3.05) is 32.8 Å². The van der Waals surface area contributed by atoms with Crippen LogP contribution in [0.5, 0.6) is 0 Å². The van der Waals surface area contributed by atoms with Crippen LogP contribution in [0.4, 0.5) is 0 Å². The van der Waals surface area contributed by atoms with Crippen molar-refractivity contribution < 1.29 is 9.53 Å². The van der Waals surface area contributed by atoms with Crippen LogP contribution < -0.4 is 10.6 Å². The summed E-state index contributed by atoms with van der Waals surface area (Å²) in [5.74, 6) is 0.365. The summed E-state index contributed by atoms with van der Waals surface area (Å²) in [6, 6.07) is 0. The smallest absolute Gasteiger partial charge is 0.224 e. The summed E-state index contributed by atoms with van der Waals surface area (Å²) in [5, 5.41) is 6.19. The maximum atomic E-state index is 11.6. The molecular weight excluding hydrogens is 192 g/mol. The Morgan fingerprint density at radius 1 is 1.60 bits per heavy atom. The highest BCUT2D eigenvalue weighted by Gasteiger charge is 2.19. The molecule has 0 bridgehead atoms. The summed E-state index contributed by atoms with van der Waals surface area (Å²) in [5.41, 5.74) is 0. The van der Waals surface area contributed by atoms with Crippen molar-refractivity contribution in [2.24, 2.45) is 5.92 Å². The molecule has 0 aromatic heterocycles. The molecule has 1 rings (SSSR count). The van der Waals surface area contributed by atoms with Gasteiger partial charge in [-0.2, -0.15) is 0 Å². The quantitative estimate of drug-likeness (QED) is 0.634. The van der Waals surface area contributed by atoms with Gasteiger partial charge in [-0.05, 0) is 32.7 Å². The van der Waals surface area contributed by atoms with E-state index in [1.54, 1.807) is 0 Å². The van der Waals surface area contributed by atoms with Crippen LogP contribution in [0.1, 0.15) is 26.2 Å². The summed E-state index contributed by atoms with van der Waals surface area (Å²) >= 11 is 0. The monoisotopic (exact) mass is 214 g/mol. The second kappa shape index (κ2) is 7.65. The van der Waals surface area contributed by atoms with E-state index in [9.17, 15) is 4.79 Å². The topological polar surface area (TPSA) is 50.4 Å². The van der Waals surface area contributed by atoms with E-state index < -0.39 is 0 Å². The highest BCUT2D eigenvalue weighted by atomic mass is 16.5. The lowest BCUT2D eigenvalue weighted by atomic mass is 9.99. The molecule has 4 nitrogen and oxygen atoms in total. The number of hydrogen-bond donors (Lipinski definition) is 2. The summed E-state index contributed by atoms with van der Waals surface area (Å²) in [4.78, 5) is 11.6. The van der Waals surface area contributed by atoms with Crippen molar-refractivity contribution in [1.82, 2.24) is 10.6 Å². The van der Waals surface area contributed by atoms with Gasteiger partial charge >= 0.3 is 0 Å². The van der Waals surface area contributed by atoms with E-state index in [-0.39, 0.29) is 11.8 Å². The largest absolute Gasteiger partial charge is 0.382 e. The average molecular weight is 214 g/mol. The Balaban J connectivity index is 2.02. The Labute approximate surface area is 91.8 Å². The van der Waals surface area contributed by atoms with Crippen LogP contribution >= 0.6 is 0 Å². The van der Waals surface area contributed by atoms with E-state index in [0.717, 1.165) is 52.1 Å². The van der Waals surface area contributed by atoms with E-state index in [2.05, 4.69) is 10.6 Å². The Bertz CT molecular complexity index is 179. The molecule has 1 amide bonds. The van der Waals surface area contributed by atoms with Crippen LogP contribution in [0.2, 0.25) is 0 Å². The molecule has 1 heterocycles. The van der Waals surface area contributed by atoms with Gasteiger partial charge in [-0.25, -0.2) is 0 Å². The number of rotatable bonds is 6. The van der Waals surface area contributed by atoms with Crippen LogP contribution in [0.25, 0.3) is 0 Å². The molecular formula is C11H22N2O2. The van der Waals surface area contributed by atoms with Crippen molar-refractivity contribution in [3.05, 3.63) is 0 Å². The SMILES string of the molecule is CCOCCCNC(=O)[C@H]1CCCNC1. The predicted molar refractivity (Wildman–Crippen MR) is 59.7 cm³/mol. The van der Waals surface area contributed by atoms with Crippen LogP contribution in [0.15, 0.2) is 0 Å². The molecule has 2 N–H and O–H groups in total. The van der Waals surface area contributed by atoms with Gasteiger partial charge in [-0.1, -0.05) is 0 Å². The van der Waals surface area contributed by atoms with E-state index in [1.807, 2.05) is 6.92 Å². The molecule has 0 unspecified atom stereocenters. The normalized spacial score (nSPS) is 21.3.